The zero-order valence-electron chi connectivity index (χ0n) is 12.8. The van der Waals surface area contributed by atoms with Gasteiger partial charge in [0, 0.05) is 11.5 Å². The van der Waals surface area contributed by atoms with Crippen LogP contribution in [0, 0.1) is 0 Å². The van der Waals surface area contributed by atoms with Crippen molar-refractivity contribution in [3.8, 4) is 0 Å². The van der Waals surface area contributed by atoms with E-state index < -0.39 is 17.4 Å². The normalized spacial score (nSPS) is 21.3. The molecule has 2 atom stereocenters. The van der Waals surface area contributed by atoms with Gasteiger partial charge in [0.25, 0.3) is 5.91 Å². The van der Waals surface area contributed by atoms with Crippen molar-refractivity contribution in [1.29, 1.82) is 0 Å². The first kappa shape index (κ1) is 15.8. The van der Waals surface area contributed by atoms with Crippen LogP contribution in [0.4, 0.5) is 5.69 Å². The molecule has 2 aromatic carbocycles. The van der Waals surface area contributed by atoms with Gasteiger partial charge >= 0.3 is 0 Å². The number of amides is 1. The molecule has 0 bridgehead atoms. The molecular formula is C19H18ClNO2. The van der Waals surface area contributed by atoms with Crippen LogP contribution in [0.15, 0.2) is 60.7 Å². The second kappa shape index (κ2) is 6.19. The molecule has 2 aromatic rings. The molecular weight excluding hydrogens is 310 g/mol. The van der Waals surface area contributed by atoms with Crippen molar-refractivity contribution in [2.75, 3.05) is 5.32 Å². The van der Waals surface area contributed by atoms with Crippen LogP contribution in [0.25, 0.3) is 0 Å². The maximum atomic E-state index is 12.6. The maximum Gasteiger partial charge on any atom is 0.262 e. The number of aliphatic hydroxyl groups is 1. The van der Waals surface area contributed by atoms with E-state index in [9.17, 15) is 9.90 Å². The highest BCUT2D eigenvalue weighted by molar-refractivity contribution is 6.34. The summed E-state index contributed by atoms with van der Waals surface area (Å²) in [6.45, 7) is 2.02. The van der Waals surface area contributed by atoms with E-state index in [0.717, 1.165) is 12.0 Å². The average molecular weight is 328 g/mol. The summed E-state index contributed by atoms with van der Waals surface area (Å²) in [5.74, 6) is -0.932. The van der Waals surface area contributed by atoms with E-state index in [-0.39, 0.29) is 0 Å². The van der Waals surface area contributed by atoms with Crippen LogP contribution in [0.5, 0.6) is 0 Å². The highest BCUT2D eigenvalue weighted by atomic mass is 35.5. The molecule has 0 aliphatic carbocycles. The van der Waals surface area contributed by atoms with Crippen molar-refractivity contribution in [2.24, 2.45) is 0 Å². The number of carbonyl (C=O) groups is 1. The summed E-state index contributed by atoms with van der Waals surface area (Å²) in [5.41, 5.74) is 0.215. The highest BCUT2D eigenvalue weighted by Crippen LogP contribution is 2.48. The number of benzene rings is 2. The largest absolute Gasteiger partial charge is 0.374 e. The van der Waals surface area contributed by atoms with Crippen molar-refractivity contribution < 1.29 is 9.90 Å². The number of rotatable bonds is 4. The lowest BCUT2D eigenvalue weighted by molar-refractivity contribution is -0.134. The summed E-state index contributed by atoms with van der Waals surface area (Å²) in [6, 6.07) is 14.7. The van der Waals surface area contributed by atoms with Crippen LogP contribution < -0.4 is 5.32 Å². The Hall–Kier alpha value is -2.10. The molecule has 1 aliphatic heterocycles. The first-order valence-corrected chi connectivity index (χ1v) is 8.01. The Bertz CT molecular complexity index is 757. The van der Waals surface area contributed by atoms with Gasteiger partial charge in [-0.3, -0.25) is 4.79 Å². The topological polar surface area (TPSA) is 49.3 Å². The van der Waals surface area contributed by atoms with Crippen molar-refractivity contribution in [1.82, 2.24) is 0 Å². The molecule has 3 rings (SSSR count). The molecule has 0 saturated heterocycles. The molecule has 23 heavy (non-hydrogen) atoms. The van der Waals surface area contributed by atoms with Crippen LogP contribution in [-0.4, -0.2) is 11.0 Å². The van der Waals surface area contributed by atoms with E-state index >= 15 is 0 Å². The Morgan fingerprint density at radius 1 is 1.22 bits per heavy atom. The van der Waals surface area contributed by atoms with E-state index in [1.807, 2.05) is 49.4 Å². The number of para-hydroxylation sites is 1. The molecule has 2 N–H and O–H groups in total. The summed E-state index contributed by atoms with van der Waals surface area (Å²) in [6.07, 6.45) is 4.68. The summed E-state index contributed by atoms with van der Waals surface area (Å²) in [5, 5.41) is 14.5. The SMILES string of the molecule is CC/C=C/[C@@H](c1ccccc1)[C@]1(O)C(=O)Nc2c(Cl)cccc21. The second-order valence-corrected chi connectivity index (χ2v) is 6.01. The standard InChI is InChI=1S/C19H18ClNO2/c1-2-3-10-14(13-8-5-4-6-9-13)19(23)15-11-7-12-16(20)17(15)21-18(19)22/h3-12,14,23H,2H2,1H3,(H,21,22)/b10-3+/t14-,19+/m0/s1. The van der Waals surface area contributed by atoms with Crippen LogP contribution in [0.1, 0.15) is 30.4 Å². The predicted molar refractivity (Wildman–Crippen MR) is 92.6 cm³/mol. The molecule has 1 aliphatic rings. The summed E-state index contributed by atoms with van der Waals surface area (Å²) in [4.78, 5) is 12.6. The van der Waals surface area contributed by atoms with Gasteiger partial charge in [0.1, 0.15) is 0 Å². The lowest BCUT2D eigenvalue weighted by Crippen LogP contribution is -2.39. The minimum atomic E-state index is -1.67. The highest BCUT2D eigenvalue weighted by Gasteiger charge is 2.51. The first-order chi connectivity index (χ1) is 11.1. The van der Waals surface area contributed by atoms with Gasteiger partial charge in [0.2, 0.25) is 0 Å². The Morgan fingerprint density at radius 2 is 1.96 bits per heavy atom. The monoisotopic (exact) mass is 327 g/mol. The average Bonchev–Trinajstić information content (AvgIpc) is 2.83. The fourth-order valence-corrected chi connectivity index (χ4v) is 3.25. The minimum absolute atomic E-state index is 0.429. The fraction of sp³-hybridized carbons (Fsp3) is 0.211. The van der Waals surface area contributed by atoms with Crippen molar-refractivity contribution in [2.45, 2.75) is 24.9 Å². The van der Waals surface area contributed by atoms with Gasteiger partial charge in [0.05, 0.1) is 10.7 Å². The molecule has 118 valence electrons. The van der Waals surface area contributed by atoms with Crippen LogP contribution in [0.2, 0.25) is 5.02 Å². The number of fused-ring (bicyclic) bond motifs is 1. The lowest BCUT2D eigenvalue weighted by Gasteiger charge is -2.29. The Kier molecular flexibility index (Phi) is 4.24. The van der Waals surface area contributed by atoms with Gasteiger partial charge in [-0.1, -0.05) is 73.1 Å². The fourth-order valence-electron chi connectivity index (χ4n) is 3.03. The predicted octanol–water partition coefficient (Wildman–Crippen LogP) is 4.23. The molecule has 4 heteroatoms. The smallest absolute Gasteiger partial charge is 0.262 e. The molecule has 1 amide bonds. The molecule has 1 heterocycles. The van der Waals surface area contributed by atoms with Gasteiger partial charge < -0.3 is 10.4 Å². The number of hydrogen-bond donors (Lipinski definition) is 2. The molecule has 0 radical (unpaired) electrons. The van der Waals surface area contributed by atoms with Crippen LogP contribution in [-0.2, 0) is 10.4 Å². The third-order valence-corrected chi connectivity index (χ3v) is 4.50. The van der Waals surface area contributed by atoms with Crippen LogP contribution in [0.3, 0.4) is 0 Å². The van der Waals surface area contributed by atoms with E-state index in [0.29, 0.717) is 16.3 Å². The van der Waals surface area contributed by atoms with Crippen molar-refractivity contribution in [3.05, 3.63) is 76.8 Å². The molecule has 0 saturated carbocycles. The van der Waals surface area contributed by atoms with E-state index in [2.05, 4.69) is 5.32 Å². The van der Waals surface area contributed by atoms with Crippen LogP contribution >= 0.6 is 11.6 Å². The third kappa shape index (κ3) is 2.56. The van der Waals surface area contributed by atoms with Gasteiger partial charge in [-0.05, 0) is 18.1 Å². The lowest BCUT2D eigenvalue weighted by atomic mass is 9.77. The number of nitrogens with one attached hydrogen (secondary N) is 1. The Labute approximate surface area is 140 Å². The quantitative estimate of drug-likeness (QED) is 0.826. The zero-order valence-corrected chi connectivity index (χ0v) is 13.5. The van der Waals surface area contributed by atoms with E-state index in [1.54, 1.807) is 18.2 Å². The molecule has 3 nitrogen and oxygen atoms in total. The van der Waals surface area contributed by atoms with Crippen molar-refractivity contribution >= 4 is 23.2 Å². The minimum Gasteiger partial charge on any atom is -0.374 e. The van der Waals surface area contributed by atoms with Crippen molar-refractivity contribution in [3.63, 3.8) is 0 Å². The van der Waals surface area contributed by atoms with Gasteiger partial charge in [-0.15, -0.1) is 0 Å². The van der Waals surface area contributed by atoms with Gasteiger partial charge in [-0.25, -0.2) is 0 Å². The second-order valence-electron chi connectivity index (χ2n) is 5.61. The number of halogens is 1. The first-order valence-electron chi connectivity index (χ1n) is 7.63. The van der Waals surface area contributed by atoms with Gasteiger partial charge in [0.15, 0.2) is 5.60 Å². The molecule has 0 aromatic heterocycles. The number of anilines is 1. The van der Waals surface area contributed by atoms with Gasteiger partial charge in [-0.2, -0.15) is 0 Å². The summed E-state index contributed by atoms with van der Waals surface area (Å²) >= 11 is 6.17. The maximum absolute atomic E-state index is 12.6. The number of allylic oxidation sites excluding steroid dienone is 1. The third-order valence-electron chi connectivity index (χ3n) is 4.18. The van der Waals surface area contributed by atoms with E-state index in [4.69, 9.17) is 11.6 Å². The Morgan fingerprint density at radius 3 is 2.65 bits per heavy atom. The summed E-state index contributed by atoms with van der Waals surface area (Å²) < 4.78 is 0. The zero-order chi connectivity index (χ0) is 16.4. The molecule has 0 unspecified atom stereocenters. The molecule has 0 spiro atoms. The van der Waals surface area contributed by atoms with E-state index in [1.165, 1.54) is 0 Å². The Balaban J connectivity index is 2.18. The number of carbonyl (C=O) groups excluding carboxylic acids is 1. The summed E-state index contributed by atoms with van der Waals surface area (Å²) in [7, 11) is 0. The number of hydrogen-bond acceptors (Lipinski definition) is 2. The molecule has 0 fully saturated rings.